The van der Waals surface area contributed by atoms with Crippen LogP contribution in [-0.2, 0) is 11.3 Å². The standard InChI is InChI=1S/C22H18N2O2S/c1-2-26-22(25)17-13-16-15-9-6-10-18-20(15)24(11-12-27-18)21(16)19(23-17)14-7-4-3-5-8-14/h3-10,13H,2,11-12H2,1H3. The molecule has 4 nitrogen and oxygen atoms in total. The second-order valence-electron chi connectivity index (χ2n) is 6.49. The van der Waals surface area contributed by atoms with E-state index in [0.717, 1.165) is 34.5 Å². The molecule has 3 heterocycles. The third-order valence-electron chi connectivity index (χ3n) is 4.93. The van der Waals surface area contributed by atoms with Crippen LogP contribution >= 0.6 is 11.8 Å². The highest BCUT2D eigenvalue weighted by Crippen LogP contribution is 2.41. The Balaban J connectivity index is 1.92. The van der Waals surface area contributed by atoms with Crippen LogP contribution in [-0.4, -0.2) is 27.9 Å². The molecule has 2 aromatic carbocycles. The average molecular weight is 374 g/mol. The van der Waals surface area contributed by atoms with Gasteiger partial charge in [0, 0.05) is 33.5 Å². The van der Waals surface area contributed by atoms with E-state index in [-0.39, 0.29) is 5.97 Å². The fraction of sp³-hybridized carbons (Fsp3) is 0.182. The quantitative estimate of drug-likeness (QED) is 0.466. The minimum atomic E-state index is -0.377. The van der Waals surface area contributed by atoms with Gasteiger partial charge in [-0.15, -0.1) is 11.8 Å². The molecule has 0 radical (unpaired) electrons. The molecule has 134 valence electrons. The van der Waals surface area contributed by atoms with E-state index in [0.29, 0.717) is 12.3 Å². The molecule has 2 aromatic heterocycles. The number of benzene rings is 2. The highest BCUT2D eigenvalue weighted by Gasteiger charge is 2.23. The first-order valence-corrected chi connectivity index (χ1v) is 10.1. The van der Waals surface area contributed by atoms with E-state index in [1.807, 2.05) is 55.1 Å². The molecule has 0 bridgehead atoms. The molecule has 0 unspecified atom stereocenters. The smallest absolute Gasteiger partial charge is 0.356 e. The van der Waals surface area contributed by atoms with Crippen molar-refractivity contribution in [2.45, 2.75) is 18.4 Å². The van der Waals surface area contributed by atoms with Crippen molar-refractivity contribution in [3.63, 3.8) is 0 Å². The number of ether oxygens (including phenoxy) is 1. The predicted molar refractivity (Wildman–Crippen MR) is 109 cm³/mol. The van der Waals surface area contributed by atoms with Crippen molar-refractivity contribution < 1.29 is 9.53 Å². The van der Waals surface area contributed by atoms with Crippen molar-refractivity contribution in [3.05, 3.63) is 60.3 Å². The van der Waals surface area contributed by atoms with Crippen molar-refractivity contribution in [2.75, 3.05) is 12.4 Å². The summed E-state index contributed by atoms with van der Waals surface area (Å²) in [6.07, 6.45) is 0. The van der Waals surface area contributed by atoms with Crippen LogP contribution in [0.15, 0.2) is 59.5 Å². The molecule has 5 rings (SSSR count). The van der Waals surface area contributed by atoms with Gasteiger partial charge in [0.15, 0.2) is 0 Å². The minimum absolute atomic E-state index is 0.335. The molecule has 1 aliphatic heterocycles. The van der Waals surface area contributed by atoms with Crippen LogP contribution in [0.2, 0.25) is 0 Å². The number of carbonyl (C=O) groups is 1. The summed E-state index contributed by atoms with van der Waals surface area (Å²) < 4.78 is 7.60. The van der Waals surface area contributed by atoms with E-state index >= 15 is 0 Å². The summed E-state index contributed by atoms with van der Waals surface area (Å²) in [5.41, 5.74) is 4.54. The number of aryl methyl sites for hydroxylation is 1. The van der Waals surface area contributed by atoms with E-state index in [2.05, 4.69) is 22.8 Å². The van der Waals surface area contributed by atoms with Gasteiger partial charge < -0.3 is 9.30 Å². The van der Waals surface area contributed by atoms with Gasteiger partial charge in [-0.2, -0.15) is 0 Å². The molecule has 0 saturated carbocycles. The van der Waals surface area contributed by atoms with Crippen molar-refractivity contribution in [1.82, 2.24) is 9.55 Å². The van der Waals surface area contributed by atoms with Gasteiger partial charge in [-0.3, -0.25) is 0 Å². The second-order valence-corrected chi connectivity index (χ2v) is 7.63. The maximum atomic E-state index is 12.5. The number of hydrogen-bond acceptors (Lipinski definition) is 4. The summed E-state index contributed by atoms with van der Waals surface area (Å²) in [5, 5.41) is 2.23. The largest absolute Gasteiger partial charge is 0.461 e. The molecule has 0 aliphatic carbocycles. The van der Waals surface area contributed by atoms with E-state index in [4.69, 9.17) is 9.72 Å². The molecular formula is C22H18N2O2S. The number of para-hydroxylation sites is 1. The molecule has 1 aliphatic rings. The molecule has 0 N–H and O–H groups in total. The fourth-order valence-electron chi connectivity index (χ4n) is 3.84. The van der Waals surface area contributed by atoms with E-state index in [9.17, 15) is 4.79 Å². The maximum Gasteiger partial charge on any atom is 0.356 e. The van der Waals surface area contributed by atoms with E-state index < -0.39 is 0 Å². The first-order valence-electron chi connectivity index (χ1n) is 9.09. The highest BCUT2D eigenvalue weighted by molar-refractivity contribution is 7.99. The van der Waals surface area contributed by atoms with Crippen molar-refractivity contribution in [2.24, 2.45) is 0 Å². The van der Waals surface area contributed by atoms with Gasteiger partial charge in [0.25, 0.3) is 0 Å². The van der Waals surface area contributed by atoms with Crippen LogP contribution in [0.4, 0.5) is 0 Å². The van der Waals surface area contributed by atoms with Crippen LogP contribution in [0, 0.1) is 0 Å². The number of fused-ring (bicyclic) bond motifs is 3. The van der Waals surface area contributed by atoms with Crippen LogP contribution in [0.1, 0.15) is 17.4 Å². The lowest BCUT2D eigenvalue weighted by molar-refractivity contribution is 0.0520. The number of nitrogens with zero attached hydrogens (tertiary/aromatic N) is 2. The molecule has 0 fully saturated rings. The second kappa shape index (κ2) is 6.43. The van der Waals surface area contributed by atoms with Crippen LogP contribution < -0.4 is 0 Å². The summed E-state index contributed by atoms with van der Waals surface area (Å²) in [4.78, 5) is 18.5. The molecule has 0 amide bonds. The zero-order valence-electron chi connectivity index (χ0n) is 14.9. The Morgan fingerprint density at radius 2 is 1.96 bits per heavy atom. The SMILES string of the molecule is CCOC(=O)c1cc2c3cccc4c3n(c2c(-c2ccccc2)n1)CCS4. The normalized spacial score (nSPS) is 13.2. The number of thioether (sulfide) groups is 1. The van der Waals surface area contributed by atoms with Crippen molar-refractivity contribution in [1.29, 1.82) is 0 Å². The molecule has 0 atom stereocenters. The first-order chi connectivity index (χ1) is 13.3. The van der Waals surface area contributed by atoms with Gasteiger partial charge in [-0.1, -0.05) is 42.5 Å². The Kier molecular flexibility index (Phi) is 3.90. The molecule has 4 aromatic rings. The predicted octanol–water partition coefficient (Wildman–Crippen LogP) is 5.14. The monoisotopic (exact) mass is 374 g/mol. The lowest BCUT2D eigenvalue weighted by Crippen LogP contribution is -2.10. The van der Waals surface area contributed by atoms with Crippen molar-refractivity contribution >= 4 is 39.5 Å². The van der Waals surface area contributed by atoms with Crippen molar-refractivity contribution in [3.8, 4) is 11.3 Å². The summed E-state index contributed by atoms with van der Waals surface area (Å²) >= 11 is 1.88. The van der Waals surface area contributed by atoms with Crippen LogP contribution in [0.25, 0.3) is 33.1 Å². The lowest BCUT2D eigenvalue weighted by Gasteiger charge is -2.17. The number of hydrogen-bond donors (Lipinski definition) is 0. The van der Waals surface area contributed by atoms with Crippen LogP contribution in [0.5, 0.6) is 0 Å². The molecule has 0 spiro atoms. The number of pyridine rings is 1. The fourth-order valence-corrected chi connectivity index (χ4v) is 4.87. The maximum absolute atomic E-state index is 12.5. The zero-order chi connectivity index (χ0) is 18.4. The Morgan fingerprint density at radius 1 is 1.11 bits per heavy atom. The number of carbonyl (C=O) groups excluding carboxylic acids is 1. The third-order valence-corrected chi connectivity index (χ3v) is 5.95. The zero-order valence-corrected chi connectivity index (χ0v) is 15.8. The Hall–Kier alpha value is -2.79. The van der Waals surface area contributed by atoms with Gasteiger partial charge in [-0.25, -0.2) is 9.78 Å². The molecule has 27 heavy (non-hydrogen) atoms. The number of rotatable bonds is 3. The Bertz CT molecular complexity index is 1180. The average Bonchev–Trinajstić information content (AvgIpc) is 3.04. The summed E-state index contributed by atoms with van der Waals surface area (Å²) in [6, 6.07) is 18.4. The Morgan fingerprint density at radius 3 is 2.78 bits per heavy atom. The lowest BCUT2D eigenvalue weighted by atomic mass is 10.1. The summed E-state index contributed by atoms with van der Waals surface area (Å²) in [7, 11) is 0. The molecule has 0 saturated heterocycles. The van der Waals surface area contributed by atoms with Crippen LogP contribution in [0.3, 0.4) is 0 Å². The Labute approximate surface area is 161 Å². The van der Waals surface area contributed by atoms with Gasteiger partial charge in [0.1, 0.15) is 5.69 Å². The van der Waals surface area contributed by atoms with Gasteiger partial charge in [-0.05, 0) is 19.1 Å². The third kappa shape index (κ3) is 2.53. The van der Waals surface area contributed by atoms with Gasteiger partial charge in [0.2, 0.25) is 0 Å². The van der Waals surface area contributed by atoms with Gasteiger partial charge >= 0.3 is 5.97 Å². The highest BCUT2D eigenvalue weighted by atomic mass is 32.2. The van der Waals surface area contributed by atoms with Gasteiger partial charge in [0.05, 0.1) is 23.3 Å². The first kappa shape index (κ1) is 16.4. The topological polar surface area (TPSA) is 44.1 Å². The number of esters is 1. The number of aromatic nitrogens is 2. The minimum Gasteiger partial charge on any atom is -0.461 e. The molecule has 5 heteroatoms. The summed E-state index contributed by atoms with van der Waals surface area (Å²) in [5.74, 6) is 0.655. The molecular weight excluding hydrogens is 356 g/mol. The van der Waals surface area contributed by atoms with E-state index in [1.165, 1.54) is 15.8 Å². The van der Waals surface area contributed by atoms with E-state index in [1.54, 1.807) is 0 Å². The summed E-state index contributed by atoms with van der Waals surface area (Å²) in [6.45, 7) is 3.08.